The Balaban J connectivity index is 1.86. The summed E-state index contributed by atoms with van der Waals surface area (Å²) in [6.45, 7) is 2.57. The van der Waals surface area contributed by atoms with E-state index in [1.165, 1.54) is 6.92 Å². The Hall–Kier alpha value is -2.60. The molecular weight excluding hydrogens is 308 g/mol. The van der Waals surface area contributed by atoms with Gasteiger partial charge >= 0.3 is 0 Å². The standard InChI is InChI=1S/C18H18N2O4/c1-12(21)19-13-2-3-16-15(10-13)18(5-8-23-9-6-18)17(22)20(16)14-4-7-24-11-14/h2-4,7,10-11H,5-6,8-9H2,1H3,(H,19,21). The maximum Gasteiger partial charge on any atom is 0.242 e. The Morgan fingerprint density at radius 3 is 2.71 bits per heavy atom. The van der Waals surface area contributed by atoms with Crippen LogP contribution in [0.1, 0.15) is 25.3 Å². The van der Waals surface area contributed by atoms with Gasteiger partial charge in [-0.1, -0.05) is 0 Å². The number of hydrogen-bond donors (Lipinski definition) is 1. The second-order valence-corrected chi connectivity index (χ2v) is 6.23. The molecule has 1 spiro atoms. The summed E-state index contributed by atoms with van der Waals surface area (Å²) in [6.07, 6.45) is 4.40. The van der Waals surface area contributed by atoms with Crippen LogP contribution >= 0.6 is 0 Å². The quantitative estimate of drug-likeness (QED) is 0.921. The Kier molecular flexibility index (Phi) is 3.42. The molecule has 0 bridgehead atoms. The maximum absolute atomic E-state index is 13.3. The predicted molar refractivity (Wildman–Crippen MR) is 88.3 cm³/mol. The molecule has 0 saturated carbocycles. The van der Waals surface area contributed by atoms with Gasteiger partial charge in [-0.15, -0.1) is 0 Å². The van der Waals surface area contributed by atoms with Crippen LogP contribution in [-0.2, 0) is 19.7 Å². The number of fused-ring (bicyclic) bond motifs is 2. The van der Waals surface area contributed by atoms with Gasteiger partial charge in [0.25, 0.3) is 0 Å². The van der Waals surface area contributed by atoms with Crippen LogP contribution in [-0.4, -0.2) is 25.0 Å². The second kappa shape index (κ2) is 5.49. The molecule has 0 radical (unpaired) electrons. The van der Waals surface area contributed by atoms with Crippen molar-refractivity contribution >= 4 is 28.9 Å². The summed E-state index contributed by atoms with van der Waals surface area (Å²) in [5.41, 5.74) is 2.62. The minimum absolute atomic E-state index is 0.0437. The lowest BCUT2D eigenvalue weighted by Crippen LogP contribution is -2.42. The highest BCUT2D eigenvalue weighted by molar-refractivity contribution is 6.13. The molecule has 0 atom stereocenters. The lowest BCUT2D eigenvalue weighted by molar-refractivity contribution is -0.125. The first kappa shape index (κ1) is 15.0. The molecule has 4 rings (SSSR count). The predicted octanol–water partition coefficient (Wildman–Crippen LogP) is 2.96. The molecule has 24 heavy (non-hydrogen) atoms. The Labute approximate surface area is 139 Å². The molecule has 1 aromatic heterocycles. The molecule has 0 unspecified atom stereocenters. The lowest BCUT2D eigenvalue weighted by atomic mass is 9.75. The van der Waals surface area contributed by atoms with Crippen molar-refractivity contribution in [3.63, 3.8) is 0 Å². The molecular formula is C18H18N2O4. The van der Waals surface area contributed by atoms with E-state index < -0.39 is 5.41 Å². The van der Waals surface area contributed by atoms with Gasteiger partial charge in [0.2, 0.25) is 11.8 Å². The van der Waals surface area contributed by atoms with Gasteiger partial charge in [-0.25, -0.2) is 0 Å². The van der Waals surface area contributed by atoms with Crippen LogP contribution in [0.4, 0.5) is 17.1 Å². The Morgan fingerprint density at radius 2 is 2.04 bits per heavy atom. The van der Waals surface area contributed by atoms with E-state index in [-0.39, 0.29) is 11.8 Å². The van der Waals surface area contributed by atoms with Crippen LogP contribution in [0.5, 0.6) is 0 Å². The van der Waals surface area contributed by atoms with Gasteiger partial charge in [0, 0.05) is 31.9 Å². The van der Waals surface area contributed by atoms with E-state index >= 15 is 0 Å². The van der Waals surface area contributed by atoms with Crippen molar-refractivity contribution < 1.29 is 18.7 Å². The summed E-state index contributed by atoms with van der Waals surface area (Å²) in [5, 5.41) is 2.80. The third-order valence-electron chi connectivity index (χ3n) is 4.80. The van der Waals surface area contributed by atoms with Crippen LogP contribution in [0.15, 0.2) is 41.2 Å². The van der Waals surface area contributed by atoms with Gasteiger partial charge in [-0.2, -0.15) is 0 Å². The summed E-state index contributed by atoms with van der Waals surface area (Å²) >= 11 is 0. The van der Waals surface area contributed by atoms with Gasteiger partial charge < -0.3 is 14.5 Å². The lowest BCUT2D eigenvalue weighted by Gasteiger charge is -2.32. The monoisotopic (exact) mass is 326 g/mol. The van der Waals surface area contributed by atoms with E-state index in [1.54, 1.807) is 23.5 Å². The van der Waals surface area contributed by atoms with Gasteiger partial charge in [0.05, 0.1) is 23.1 Å². The van der Waals surface area contributed by atoms with Crippen LogP contribution in [0.3, 0.4) is 0 Å². The molecule has 3 heterocycles. The molecule has 1 saturated heterocycles. The SMILES string of the molecule is CC(=O)Nc1ccc2c(c1)C1(CCOCC1)C(=O)N2c1ccoc1. The number of anilines is 3. The number of furan rings is 1. The number of amides is 2. The van der Waals surface area contributed by atoms with E-state index in [9.17, 15) is 9.59 Å². The highest BCUT2D eigenvalue weighted by Gasteiger charge is 2.52. The van der Waals surface area contributed by atoms with Gasteiger partial charge in [0.15, 0.2) is 0 Å². The summed E-state index contributed by atoms with van der Waals surface area (Å²) in [6, 6.07) is 7.40. The summed E-state index contributed by atoms with van der Waals surface area (Å²) in [4.78, 5) is 26.4. The molecule has 1 fully saturated rings. The third kappa shape index (κ3) is 2.14. The topological polar surface area (TPSA) is 71.8 Å². The maximum atomic E-state index is 13.3. The van der Waals surface area contributed by atoms with Crippen molar-refractivity contribution in [2.45, 2.75) is 25.2 Å². The summed E-state index contributed by atoms with van der Waals surface area (Å²) in [5.74, 6) is -0.0887. The number of carbonyl (C=O) groups is 2. The van der Waals surface area contributed by atoms with Crippen LogP contribution in [0, 0.1) is 0 Å². The fourth-order valence-corrected chi connectivity index (χ4v) is 3.68. The van der Waals surface area contributed by atoms with E-state index in [2.05, 4.69) is 5.32 Å². The average molecular weight is 326 g/mol. The molecule has 0 aliphatic carbocycles. The normalized spacial score (nSPS) is 18.7. The minimum Gasteiger partial charge on any atom is -0.470 e. The van der Waals surface area contributed by atoms with Crippen LogP contribution < -0.4 is 10.2 Å². The minimum atomic E-state index is -0.598. The van der Waals surface area contributed by atoms with E-state index in [4.69, 9.17) is 9.15 Å². The van der Waals surface area contributed by atoms with Gasteiger partial charge in [-0.05, 0) is 36.6 Å². The molecule has 1 N–H and O–H groups in total. The second-order valence-electron chi connectivity index (χ2n) is 6.23. The smallest absolute Gasteiger partial charge is 0.242 e. The van der Waals surface area contributed by atoms with Crippen molar-refractivity contribution in [3.8, 4) is 0 Å². The number of hydrogen-bond acceptors (Lipinski definition) is 4. The zero-order valence-electron chi connectivity index (χ0n) is 13.4. The fraction of sp³-hybridized carbons (Fsp3) is 0.333. The number of ether oxygens (including phenoxy) is 1. The molecule has 2 aliphatic rings. The molecule has 1 aromatic carbocycles. The summed E-state index contributed by atoms with van der Waals surface area (Å²) in [7, 11) is 0. The highest BCUT2D eigenvalue weighted by Crippen LogP contribution is 2.51. The first-order valence-corrected chi connectivity index (χ1v) is 7.98. The first-order valence-electron chi connectivity index (χ1n) is 7.98. The van der Waals surface area contributed by atoms with Crippen molar-refractivity contribution in [2.75, 3.05) is 23.4 Å². The van der Waals surface area contributed by atoms with Crippen molar-refractivity contribution in [2.24, 2.45) is 0 Å². The third-order valence-corrected chi connectivity index (χ3v) is 4.80. The number of nitrogens with zero attached hydrogens (tertiary/aromatic N) is 1. The zero-order valence-corrected chi connectivity index (χ0v) is 13.4. The van der Waals surface area contributed by atoms with Gasteiger partial charge in [0.1, 0.15) is 6.26 Å². The van der Waals surface area contributed by atoms with Gasteiger partial charge in [-0.3, -0.25) is 14.5 Å². The Bertz CT molecular complexity index is 791. The molecule has 2 aromatic rings. The fourth-order valence-electron chi connectivity index (χ4n) is 3.68. The number of nitrogens with one attached hydrogen (secondary N) is 1. The molecule has 124 valence electrons. The number of benzene rings is 1. The number of rotatable bonds is 2. The highest BCUT2D eigenvalue weighted by atomic mass is 16.5. The molecule has 2 aliphatic heterocycles. The van der Waals surface area contributed by atoms with E-state index in [0.717, 1.165) is 16.9 Å². The molecule has 6 heteroatoms. The van der Waals surface area contributed by atoms with Crippen LogP contribution in [0.25, 0.3) is 0 Å². The van der Waals surface area contributed by atoms with Crippen molar-refractivity contribution in [1.29, 1.82) is 0 Å². The van der Waals surface area contributed by atoms with Crippen LogP contribution in [0.2, 0.25) is 0 Å². The average Bonchev–Trinajstić information content (AvgIpc) is 3.16. The first-order chi connectivity index (χ1) is 11.6. The molecule has 6 nitrogen and oxygen atoms in total. The molecule has 2 amide bonds. The van der Waals surface area contributed by atoms with Crippen molar-refractivity contribution in [3.05, 3.63) is 42.4 Å². The van der Waals surface area contributed by atoms with E-state index in [0.29, 0.717) is 31.7 Å². The summed E-state index contributed by atoms with van der Waals surface area (Å²) < 4.78 is 10.6. The van der Waals surface area contributed by atoms with Crippen molar-refractivity contribution in [1.82, 2.24) is 0 Å². The number of carbonyl (C=O) groups excluding carboxylic acids is 2. The zero-order chi connectivity index (χ0) is 16.7. The van der Waals surface area contributed by atoms with E-state index in [1.807, 2.05) is 18.2 Å². The largest absolute Gasteiger partial charge is 0.470 e. The Morgan fingerprint density at radius 1 is 1.25 bits per heavy atom.